The van der Waals surface area contributed by atoms with E-state index in [-0.39, 0.29) is 39.0 Å². The van der Waals surface area contributed by atoms with E-state index in [1.54, 1.807) is 12.3 Å². The summed E-state index contributed by atoms with van der Waals surface area (Å²) in [6, 6.07) is 42.0. The summed E-state index contributed by atoms with van der Waals surface area (Å²) in [6.45, 7) is 23.3. The Hall–Kier alpha value is -3.65. The topological polar surface area (TPSA) is 9.23 Å². The van der Waals surface area contributed by atoms with Crippen molar-refractivity contribution >= 4 is 36.4 Å². The van der Waals surface area contributed by atoms with Gasteiger partial charge in [-0.25, -0.2) is 0 Å². The molecule has 1 unspecified atom stereocenters. The molecule has 294 valence electrons. The molecular formula is C54H64OSiZr. The van der Waals surface area contributed by atoms with E-state index in [9.17, 15) is 0 Å². The third-order valence-corrected chi connectivity index (χ3v) is 13.3. The molecule has 7 rings (SSSR count). The molecule has 2 radical (unpaired) electrons. The maximum atomic E-state index is 5.73. The molecule has 0 saturated heterocycles. The quantitative estimate of drug-likeness (QED) is 0.0677. The van der Waals surface area contributed by atoms with Gasteiger partial charge in [-0.15, -0.1) is 39.1 Å². The second-order valence-corrected chi connectivity index (χ2v) is 18.9. The second-order valence-electron chi connectivity index (χ2n) is 16.4. The molecule has 0 N–H and O–H groups in total. The van der Waals surface area contributed by atoms with Gasteiger partial charge in [-0.1, -0.05) is 201 Å². The Morgan fingerprint density at radius 1 is 0.702 bits per heavy atom. The van der Waals surface area contributed by atoms with Crippen LogP contribution < -0.4 is 9.92 Å². The summed E-state index contributed by atoms with van der Waals surface area (Å²) < 4.78 is 5.73. The van der Waals surface area contributed by atoms with Crippen LogP contribution in [0.25, 0.3) is 44.7 Å². The van der Waals surface area contributed by atoms with Crippen molar-refractivity contribution in [3.8, 4) is 28.0 Å². The minimum Gasteiger partial charge on any atom is -0.496 e. The maximum absolute atomic E-state index is 5.73. The predicted molar refractivity (Wildman–Crippen MR) is 250 cm³/mol. The molecule has 1 nitrogen and oxygen atoms in total. The third-order valence-electron chi connectivity index (χ3n) is 11.6. The fourth-order valence-corrected chi connectivity index (χ4v) is 10.7. The average Bonchev–Trinajstić information content (AvgIpc) is 3.69. The van der Waals surface area contributed by atoms with Crippen molar-refractivity contribution in [3.05, 3.63) is 163 Å². The number of hydrogen-bond acceptors (Lipinski definition) is 1. The van der Waals surface area contributed by atoms with Crippen LogP contribution in [0.5, 0.6) is 5.75 Å². The molecule has 3 heteroatoms. The zero-order valence-corrected chi connectivity index (χ0v) is 39.8. The Morgan fingerprint density at radius 3 is 1.98 bits per heavy atom. The van der Waals surface area contributed by atoms with Gasteiger partial charge in [-0.05, 0) is 51.3 Å². The summed E-state index contributed by atoms with van der Waals surface area (Å²) in [5, 5.41) is 4.43. The SMILES string of the molecule is COc1ccc(-c2cccc3c2cc(C)[c-]3[Si](C)C)c(C(C)C)c1C(C)C.[CH2-]C1(CCCCCC)C(c2ccccc2-c2ccccc2)=Cc2ccccc21.[CH3-].[Zr+3]. The normalized spacial score (nSPS) is 14.5. The fourth-order valence-electron chi connectivity index (χ4n) is 9.13. The van der Waals surface area contributed by atoms with Crippen LogP contribution in [0.3, 0.4) is 0 Å². The Bertz CT molecular complexity index is 2260. The van der Waals surface area contributed by atoms with Crippen molar-refractivity contribution in [2.24, 2.45) is 0 Å². The van der Waals surface area contributed by atoms with Gasteiger partial charge in [0, 0.05) is 14.4 Å². The molecule has 6 aromatic rings. The Morgan fingerprint density at radius 2 is 1.33 bits per heavy atom. The van der Waals surface area contributed by atoms with E-state index in [2.05, 4.69) is 176 Å². The molecule has 1 atom stereocenters. The molecule has 0 aliphatic heterocycles. The van der Waals surface area contributed by atoms with Crippen molar-refractivity contribution in [1.29, 1.82) is 0 Å². The summed E-state index contributed by atoms with van der Waals surface area (Å²) >= 11 is 0. The van der Waals surface area contributed by atoms with E-state index in [1.165, 1.54) is 97.7 Å². The molecule has 0 spiro atoms. The molecule has 0 aromatic heterocycles. The predicted octanol–water partition coefficient (Wildman–Crippen LogP) is 15.1. The number of ether oxygens (including phenoxy) is 1. The van der Waals surface area contributed by atoms with Crippen molar-refractivity contribution in [2.45, 2.75) is 104 Å². The van der Waals surface area contributed by atoms with E-state index in [1.807, 2.05) is 0 Å². The minimum absolute atomic E-state index is 0. The zero-order chi connectivity index (χ0) is 39.3. The Labute approximate surface area is 367 Å². The van der Waals surface area contributed by atoms with Gasteiger partial charge in [0.25, 0.3) is 0 Å². The summed E-state index contributed by atoms with van der Waals surface area (Å²) in [6.07, 6.45) is 8.54. The molecule has 0 heterocycles. The number of allylic oxidation sites excluding steroid dienone is 1. The van der Waals surface area contributed by atoms with E-state index >= 15 is 0 Å². The van der Waals surface area contributed by atoms with Gasteiger partial charge >= 0.3 is 26.2 Å². The molecule has 1 aliphatic carbocycles. The smallest absolute Gasteiger partial charge is 0.496 e. The van der Waals surface area contributed by atoms with Crippen LogP contribution in [-0.4, -0.2) is 15.9 Å². The van der Waals surface area contributed by atoms with Gasteiger partial charge < -0.3 is 19.1 Å². The van der Waals surface area contributed by atoms with E-state index < -0.39 is 8.80 Å². The second kappa shape index (κ2) is 20.4. The van der Waals surface area contributed by atoms with Crippen LogP contribution in [-0.2, 0) is 31.6 Å². The van der Waals surface area contributed by atoms with Gasteiger partial charge in [0.2, 0.25) is 0 Å². The van der Waals surface area contributed by atoms with Crippen LogP contribution >= 0.6 is 0 Å². The van der Waals surface area contributed by atoms with Gasteiger partial charge in [-0.2, -0.15) is 6.07 Å². The molecule has 0 fully saturated rings. The van der Waals surface area contributed by atoms with Crippen molar-refractivity contribution in [3.63, 3.8) is 0 Å². The summed E-state index contributed by atoms with van der Waals surface area (Å²) in [7, 11) is 1.28. The first-order chi connectivity index (χ1) is 26.5. The first-order valence-corrected chi connectivity index (χ1v) is 23.0. The van der Waals surface area contributed by atoms with Crippen molar-refractivity contribution < 1.29 is 30.9 Å². The number of benzene rings is 5. The average molecular weight is 848 g/mol. The van der Waals surface area contributed by atoms with Crippen molar-refractivity contribution in [2.75, 3.05) is 7.11 Å². The maximum Gasteiger partial charge on any atom is 3.00 e. The molecule has 0 saturated carbocycles. The number of fused-ring (bicyclic) bond motifs is 2. The Balaban J connectivity index is 0.000000244. The minimum atomic E-state index is -0.500. The monoisotopic (exact) mass is 846 g/mol. The zero-order valence-electron chi connectivity index (χ0n) is 36.4. The largest absolute Gasteiger partial charge is 3.00 e. The summed E-state index contributed by atoms with van der Waals surface area (Å²) in [5.74, 6) is 1.88. The van der Waals surface area contributed by atoms with Gasteiger partial charge in [0.15, 0.2) is 0 Å². The standard InChI is InChI=1S/C28H29.C25H32OSi.CH3.Zr/c1-3-4-5-13-20-28(2)26-19-12-9-16-23(26)21-27(28)25-18-11-10-17-24(25)22-14-7-6-8-15-22;1-15(2)23-19(12-13-22(26-6)24(23)16(3)4)18-10-9-11-20-21(18)14-17(5)25(20)27(7)8;;/h6-12,14-19,21H,2-5,13,20H2,1H3;9-16H,1-8H3;1H3;/q3*-1;+3. The van der Waals surface area contributed by atoms with Crippen LogP contribution in [0.1, 0.15) is 112 Å². The number of rotatable bonds is 12. The molecular weight excluding hydrogens is 784 g/mol. The first kappa shape index (κ1) is 46.0. The fraction of sp³-hybridized carbons (Fsp3) is 0.315. The third kappa shape index (κ3) is 9.47. The number of aryl methyl sites for hydroxylation is 1. The molecule has 1 aliphatic rings. The molecule has 0 bridgehead atoms. The molecule has 6 aromatic carbocycles. The van der Waals surface area contributed by atoms with Crippen LogP contribution in [0.2, 0.25) is 13.1 Å². The number of unbranched alkanes of at least 4 members (excludes halogenated alkanes) is 3. The van der Waals surface area contributed by atoms with Gasteiger partial charge in [-0.3, -0.25) is 0 Å². The van der Waals surface area contributed by atoms with E-state index in [4.69, 9.17) is 11.7 Å². The van der Waals surface area contributed by atoms with Crippen LogP contribution in [0.15, 0.2) is 115 Å². The molecule has 0 amide bonds. The first-order valence-electron chi connectivity index (χ1n) is 20.5. The van der Waals surface area contributed by atoms with Gasteiger partial charge in [0.05, 0.1) is 7.11 Å². The summed E-state index contributed by atoms with van der Waals surface area (Å²) in [5.41, 5.74) is 14.7. The Kier molecular flexibility index (Phi) is 16.4. The van der Waals surface area contributed by atoms with Crippen LogP contribution in [0, 0.1) is 21.3 Å². The number of hydrogen-bond donors (Lipinski definition) is 0. The van der Waals surface area contributed by atoms with E-state index in [0.29, 0.717) is 11.8 Å². The van der Waals surface area contributed by atoms with Crippen molar-refractivity contribution in [1.82, 2.24) is 0 Å². The summed E-state index contributed by atoms with van der Waals surface area (Å²) in [4.78, 5) is 0. The van der Waals surface area contributed by atoms with Crippen LogP contribution in [0.4, 0.5) is 0 Å². The van der Waals surface area contributed by atoms with E-state index in [0.717, 1.165) is 12.2 Å². The number of methoxy groups -OCH3 is 1. The molecule has 57 heavy (non-hydrogen) atoms. The van der Waals surface area contributed by atoms with Gasteiger partial charge in [0.1, 0.15) is 5.75 Å².